The summed E-state index contributed by atoms with van der Waals surface area (Å²) in [6.45, 7) is 0.900. The largest absolute Gasteiger partial charge is 0.496 e. The zero-order valence-electron chi connectivity index (χ0n) is 56.1. The number of carbonyl (C=O) groups is 9. The van der Waals surface area contributed by atoms with Crippen molar-refractivity contribution in [2.75, 3.05) is 69.3 Å². The summed E-state index contributed by atoms with van der Waals surface area (Å²) in [4.78, 5) is 132. The molecule has 2 heterocycles. The Kier molecular flexibility index (Phi) is 27.0. The molecule has 8 aromatic rings. The predicted octanol–water partition coefficient (Wildman–Crippen LogP) is 6.22. The number of hydrogen-bond acceptors (Lipinski definition) is 17. The SMILES string of the molecule is COc1ccc(NC(=O)C(CCCCN)NC(=O)c2cc(NC(=O)[C@@H](N)Cc3c[nH]c4ccccc34)ccc2OC)cc1C(=O)NC(CCCCN)C(=O)Nc1ccc(OC)c(C(=O)NC(CCCCN)C(=O)Nc2ccc(OC)c(C(=O)N[C@@H](Cc3c[nH]c4ccccc34)C(=O)O)c2)c1. The van der Waals surface area contributed by atoms with Crippen LogP contribution in [0.1, 0.15) is 110 Å². The number of nitrogens with two attached hydrogens (primary N) is 4. The lowest BCUT2D eigenvalue weighted by Gasteiger charge is -2.22. The molecular weight excluding hydrogens is 1280 g/mol. The van der Waals surface area contributed by atoms with Crippen LogP contribution in [0.4, 0.5) is 22.7 Å². The number of ether oxygens (including phenoxy) is 4. The number of carboxylic acid groups (broad SMARTS) is 1. The van der Waals surface area contributed by atoms with E-state index in [1.807, 2.05) is 54.7 Å². The molecule has 0 aliphatic heterocycles. The highest BCUT2D eigenvalue weighted by molar-refractivity contribution is 6.08. The maximum absolute atomic E-state index is 14.4. The minimum absolute atomic E-state index is 0.0114. The lowest BCUT2D eigenvalue weighted by atomic mass is 10.0. The molecule has 0 spiro atoms. The molecule has 8 amide bonds. The van der Waals surface area contributed by atoms with Crippen LogP contribution in [0.5, 0.6) is 23.0 Å². The zero-order chi connectivity index (χ0) is 71.8. The molecule has 2 aromatic heterocycles. The minimum Gasteiger partial charge on any atom is -0.496 e. The smallest absolute Gasteiger partial charge is 0.326 e. The zero-order valence-corrected chi connectivity index (χ0v) is 56.1. The molecule has 0 radical (unpaired) electrons. The van der Waals surface area contributed by atoms with Crippen molar-refractivity contribution in [1.29, 1.82) is 0 Å². The van der Waals surface area contributed by atoms with Crippen LogP contribution >= 0.6 is 0 Å². The van der Waals surface area contributed by atoms with Crippen molar-refractivity contribution in [2.24, 2.45) is 22.9 Å². The summed E-state index contributed by atoms with van der Waals surface area (Å²) in [5, 5.41) is 34.0. The highest BCUT2D eigenvalue weighted by Gasteiger charge is 2.30. The fourth-order valence-corrected chi connectivity index (χ4v) is 11.4. The van der Waals surface area contributed by atoms with E-state index >= 15 is 0 Å². The first-order valence-corrected chi connectivity index (χ1v) is 32.7. The Morgan fingerprint density at radius 1 is 0.400 bits per heavy atom. The number of amides is 8. The molecule has 28 nitrogen and oxygen atoms in total. The van der Waals surface area contributed by atoms with Gasteiger partial charge in [-0.25, -0.2) is 4.79 Å². The van der Waals surface area contributed by atoms with E-state index in [1.54, 1.807) is 12.3 Å². The predicted molar refractivity (Wildman–Crippen MR) is 380 cm³/mol. The number of aromatic nitrogens is 2. The first kappa shape index (κ1) is 74.5. The average Bonchev–Trinajstić information content (AvgIpc) is 1.08. The number of carbonyl (C=O) groups excluding carboxylic acids is 8. The van der Waals surface area contributed by atoms with Crippen LogP contribution < -0.4 is 84.4 Å². The number of benzene rings is 6. The standard InChI is InChI=1S/C72H86N14O14/c1-97-60-26-22-43(79-68(91)53(76)33-41-39-77-54-17-7-5-15-47(41)54)35-49(60)64(87)83-56(19-9-12-30-73)69(92)80-44-23-27-61(98-2)50(36-44)65(88)84-57(20-10-13-31-74)70(93)81-45-24-28-62(99-3)51(37-45)66(89)85-58(21-11-14-32-75)71(94)82-46-25-29-63(100-4)52(38-46)67(90)86-59(72(95)96)34-42-40-78-55-18-8-6-16-48(42)55/h5-8,15-18,22-29,35-40,53,56-59,77-78H,9-14,19-21,30-34,73-76H2,1-4H3,(H,79,91)(H,80,92)(H,81,93)(H,82,94)(H,83,87)(H,84,88)(H,85,89)(H,86,90)(H,95,96)/t53-,56?,57?,58?,59-/m0/s1. The third kappa shape index (κ3) is 19.7. The van der Waals surface area contributed by atoms with Gasteiger partial charge >= 0.3 is 5.97 Å². The van der Waals surface area contributed by atoms with E-state index in [9.17, 15) is 48.3 Å². The molecule has 0 aliphatic rings. The van der Waals surface area contributed by atoms with E-state index in [0.29, 0.717) is 57.2 Å². The van der Waals surface area contributed by atoms with E-state index in [0.717, 1.165) is 27.4 Å². The van der Waals surface area contributed by atoms with Crippen LogP contribution in [0.25, 0.3) is 21.8 Å². The number of fused-ring (bicyclic) bond motifs is 2. The Bertz CT molecular complexity index is 4230. The number of nitrogens with one attached hydrogen (secondary N) is 10. The second-order valence-corrected chi connectivity index (χ2v) is 23.6. The molecule has 0 bridgehead atoms. The van der Waals surface area contributed by atoms with Crippen LogP contribution in [-0.2, 0) is 36.8 Å². The van der Waals surface area contributed by atoms with E-state index in [4.69, 9.17) is 41.9 Å². The van der Waals surface area contributed by atoms with Gasteiger partial charge in [-0.3, -0.25) is 38.4 Å². The molecule has 19 N–H and O–H groups in total. The van der Waals surface area contributed by atoms with Gasteiger partial charge in [0.05, 0.1) is 56.7 Å². The van der Waals surface area contributed by atoms with Crippen molar-refractivity contribution >= 4 is 97.8 Å². The van der Waals surface area contributed by atoms with Crippen molar-refractivity contribution in [2.45, 2.75) is 101 Å². The van der Waals surface area contributed by atoms with Gasteiger partial charge in [-0.05, 0) is 180 Å². The highest BCUT2D eigenvalue weighted by Crippen LogP contribution is 2.30. The maximum atomic E-state index is 14.4. The summed E-state index contributed by atoms with van der Waals surface area (Å²) in [6, 6.07) is 26.5. The Hall–Kier alpha value is -11.3. The molecule has 6 aromatic carbocycles. The van der Waals surface area contributed by atoms with E-state index in [-0.39, 0.29) is 107 Å². The molecule has 8 rings (SSSR count). The van der Waals surface area contributed by atoms with E-state index < -0.39 is 83.4 Å². The number of para-hydroxylation sites is 2. The van der Waals surface area contributed by atoms with Crippen molar-refractivity contribution < 1.29 is 67.2 Å². The number of anilines is 4. The third-order valence-electron chi connectivity index (χ3n) is 16.7. The first-order valence-electron chi connectivity index (χ1n) is 32.7. The van der Waals surface area contributed by atoms with Gasteiger partial charge in [0.15, 0.2) is 0 Å². The van der Waals surface area contributed by atoms with Crippen LogP contribution in [-0.4, -0.2) is 147 Å². The number of aliphatic carboxylic acids is 1. The van der Waals surface area contributed by atoms with Crippen molar-refractivity contribution in [3.05, 3.63) is 167 Å². The summed E-state index contributed by atoms with van der Waals surface area (Å²) >= 11 is 0. The summed E-state index contributed by atoms with van der Waals surface area (Å²) < 4.78 is 22.1. The molecule has 0 saturated carbocycles. The van der Waals surface area contributed by atoms with Crippen molar-refractivity contribution in [3.63, 3.8) is 0 Å². The molecule has 0 saturated heterocycles. The molecule has 0 fully saturated rings. The lowest BCUT2D eigenvalue weighted by Crippen LogP contribution is -2.44. The van der Waals surface area contributed by atoms with Gasteiger partial charge in [0, 0.05) is 63.4 Å². The van der Waals surface area contributed by atoms with Crippen LogP contribution in [0.2, 0.25) is 0 Å². The Labute approximate surface area is 577 Å². The molecule has 0 aliphatic carbocycles. The summed E-state index contributed by atoms with van der Waals surface area (Å²) in [7, 11) is 5.38. The molecule has 100 heavy (non-hydrogen) atoms. The van der Waals surface area contributed by atoms with Crippen LogP contribution in [0.3, 0.4) is 0 Å². The Morgan fingerprint density at radius 3 is 1.01 bits per heavy atom. The second kappa shape index (κ2) is 36.3. The quantitative estimate of drug-likeness (QED) is 0.0192. The van der Waals surface area contributed by atoms with E-state index in [1.165, 1.54) is 95.2 Å². The van der Waals surface area contributed by atoms with Crippen LogP contribution in [0.15, 0.2) is 134 Å². The highest BCUT2D eigenvalue weighted by atomic mass is 16.5. The second-order valence-electron chi connectivity index (χ2n) is 23.6. The minimum atomic E-state index is -1.35. The normalized spacial score (nSPS) is 12.6. The van der Waals surface area contributed by atoms with Gasteiger partial charge in [0.25, 0.3) is 23.6 Å². The monoisotopic (exact) mass is 1370 g/mol. The summed E-state index contributed by atoms with van der Waals surface area (Å²) in [5.74, 6) is -6.39. The third-order valence-corrected chi connectivity index (χ3v) is 16.7. The number of H-pyrrole nitrogens is 2. The Balaban J connectivity index is 0.937. The Morgan fingerprint density at radius 2 is 0.700 bits per heavy atom. The molecule has 3 unspecified atom stereocenters. The molecule has 528 valence electrons. The van der Waals surface area contributed by atoms with Crippen molar-refractivity contribution in [1.82, 2.24) is 31.2 Å². The topological polar surface area (TPSA) is 443 Å². The number of hydrogen-bond donors (Lipinski definition) is 15. The van der Waals surface area contributed by atoms with Crippen molar-refractivity contribution in [3.8, 4) is 23.0 Å². The number of unbranched alkanes of at least 4 members (excludes halogenated alkanes) is 3. The molecular formula is C72H86N14O14. The van der Waals surface area contributed by atoms with Gasteiger partial charge in [0.1, 0.15) is 47.2 Å². The van der Waals surface area contributed by atoms with E-state index in [2.05, 4.69) is 52.5 Å². The van der Waals surface area contributed by atoms with Crippen LogP contribution in [0, 0.1) is 0 Å². The number of methoxy groups -OCH3 is 4. The number of rotatable bonds is 37. The average molecular weight is 1370 g/mol. The maximum Gasteiger partial charge on any atom is 0.326 e. The van der Waals surface area contributed by atoms with Gasteiger partial charge < -0.3 is 99.5 Å². The number of carboxylic acids is 1. The number of aromatic amines is 2. The molecule has 28 heteroatoms. The van der Waals surface area contributed by atoms with Gasteiger partial charge in [0.2, 0.25) is 23.6 Å². The van der Waals surface area contributed by atoms with Gasteiger partial charge in [-0.1, -0.05) is 36.4 Å². The summed E-state index contributed by atoms with van der Waals surface area (Å²) in [6.07, 6.45) is 6.83. The fraction of sp³-hybridized carbons (Fsp3) is 0.319. The van der Waals surface area contributed by atoms with Gasteiger partial charge in [-0.15, -0.1) is 0 Å². The summed E-state index contributed by atoms with van der Waals surface area (Å²) in [5.41, 5.74) is 27.5. The fourth-order valence-electron chi connectivity index (χ4n) is 11.4. The first-order chi connectivity index (χ1) is 48.3. The molecule has 5 atom stereocenters. The lowest BCUT2D eigenvalue weighted by molar-refractivity contribution is -0.139. The van der Waals surface area contributed by atoms with Gasteiger partial charge in [-0.2, -0.15) is 0 Å².